The molecule has 0 bridgehead atoms. The molecule has 0 unspecified atom stereocenters. The predicted octanol–water partition coefficient (Wildman–Crippen LogP) is 4.50. The molecule has 0 aliphatic rings. The molecule has 144 valence electrons. The molecule has 3 rings (SSSR count). The maximum absolute atomic E-state index is 12.7. The molecular formula is C23H26N4O. The maximum atomic E-state index is 12.7. The minimum absolute atomic E-state index is 0.126. The van der Waals surface area contributed by atoms with Crippen LogP contribution in [0.2, 0.25) is 0 Å². The van der Waals surface area contributed by atoms with Gasteiger partial charge in [-0.3, -0.25) is 15.5 Å². The van der Waals surface area contributed by atoms with Gasteiger partial charge in [-0.05, 0) is 23.5 Å². The Balaban J connectivity index is 2.25. The Bertz CT molecular complexity index is 1030. The van der Waals surface area contributed by atoms with Crippen LogP contribution in [-0.2, 0) is 6.42 Å². The summed E-state index contributed by atoms with van der Waals surface area (Å²) in [4.78, 5) is 17.7. The van der Waals surface area contributed by atoms with Crippen molar-refractivity contribution in [3.63, 3.8) is 0 Å². The number of guanidine groups is 1. The highest BCUT2D eigenvalue weighted by Gasteiger charge is 2.21. The zero-order valence-electron chi connectivity index (χ0n) is 16.5. The number of nitrogens with one attached hydrogen (secondary N) is 2. The summed E-state index contributed by atoms with van der Waals surface area (Å²) in [5.41, 5.74) is 9.57. The lowest BCUT2D eigenvalue weighted by molar-refractivity contribution is 0.0978. The third kappa shape index (κ3) is 4.19. The monoisotopic (exact) mass is 374 g/mol. The molecule has 2 aromatic carbocycles. The fourth-order valence-corrected chi connectivity index (χ4v) is 3.23. The lowest BCUT2D eigenvalue weighted by Gasteiger charge is -2.23. The lowest BCUT2D eigenvalue weighted by atomic mass is 9.82. The van der Waals surface area contributed by atoms with E-state index in [4.69, 9.17) is 16.1 Å². The predicted molar refractivity (Wildman–Crippen MR) is 114 cm³/mol. The fourth-order valence-electron chi connectivity index (χ4n) is 3.23. The largest absolute Gasteiger partial charge is 0.370 e. The van der Waals surface area contributed by atoms with Gasteiger partial charge >= 0.3 is 0 Å². The van der Waals surface area contributed by atoms with E-state index < -0.39 is 5.91 Å². The van der Waals surface area contributed by atoms with Gasteiger partial charge in [0, 0.05) is 10.9 Å². The molecule has 0 saturated carbocycles. The molecule has 0 spiro atoms. The van der Waals surface area contributed by atoms with Gasteiger partial charge in [0.05, 0.1) is 16.8 Å². The molecule has 0 saturated heterocycles. The molecule has 3 aromatic rings. The van der Waals surface area contributed by atoms with Crippen LogP contribution in [0.5, 0.6) is 0 Å². The van der Waals surface area contributed by atoms with Gasteiger partial charge in [-0.15, -0.1) is 0 Å². The summed E-state index contributed by atoms with van der Waals surface area (Å²) in [6, 6.07) is 17.5. The standard InChI is InChI=1S/C23H26N4O/c1-4-23(2,3)14-16-11-8-12-17-18(21(28)27-22(24)25)13-19(26-20(16)17)15-9-6-5-7-10-15/h5-13H,4,14H2,1-3H3,(H4,24,25,27,28). The quantitative estimate of drug-likeness (QED) is 0.453. The molecule has 1 heterocycles. The first-order valence-corrected chi connectivity index (χ1v) is 9.44. The van der Waals surface area contributed by atoms with Crippen LogP contribution in [0.4, 0.5) is 0 Å². The van der Waals surface area contributed by atoms with Crippen LogP contribution in [0, 0.1) is 10.8 Å². The second-order valence-corrected chi connectivity index (χ2v) is 7.80. The van der Waals surface area contributed by atoms with E-state index in [0.717, 1.165) is 40.6 Å². The first-order valence-electron chi connectivity index (χ1n) is 9.44. The molecule has 0 radical (unpaired) electrons. The van der Waals surface area contributed by atoms with Crippen molar-refractivity contribution < 1.29 is 4.79 Å². The summed E-state index contributed by atoms with van der Waals surface area (Å²) in [5.74, 6) is -0.775. The number of fused-ring (bicyclic) bond motifs is 1. The SMILES string of the molecule is CCC(C)(C)Cc1cccc2c(C(=O)NC(=N)N)cc(-c3ccccc3)nc12. The average Bonchev–Trinajstić information content (AvgIpc) is 2.67. The molecule has 0 fully saturated rings. The second kappa shape index (κ2) is 7.80. The summed E-state index contributed by atoms with van der Waals surface area (Å²) >= 11 is 0. The van der Waals surface area contributed by atoms with E-state index in [0.29, 0.717) is 5.56 Å². The van der Waals surface area contributed by atoms with Gasteiger partial charge in [-0.2, -0.15) is 0 Å². The normalized spacial score (nSPS) is 11.4. The van der Waals surface area contributed by atoms with Gasteiger partial charge in [0.2, 0.25) is 0 Å². The molecular weight excluding hydrogens is 348 g/mol. The third-order valence-electron chi connectivity index (χ3n) is 5.11. The van der Waals surface area contributed by atoms with E-state index in [-0.39, 0.29) is 11.4 Å². The minimum Gasteiger partial charge on any atom is -0.370 e. The molecule has 0 atom stereocenters. The Morgan fingerprint density at radius 2 is 1.86 bits per heavy atom. The first kappa shape index (κ1) is 19.5. The van der Waals surface area contributed by atoms with Gasteiger partial charge < -0.3 is 5.73 Å². The molecule has 1 aromatic heterocycles. The van der Waals surface area contributed by atoms with Crippen molar-refractivity contribution >= 4 is 22.8 Å². The number of hydrogen-bond acceptors (Lipinski definition) is 3. The van der Waals surface area contributed by atoms with Crippen molar-refractivity contribution in [1.82, 2.24) is 10.3 Å². The highest BCUT2D eigenvalue weighted by molar-refractivity contribution is 6.12. The van der Waals surface area contributed by atoms with Crippen LogP contribution in [-0.4, -0.2) is 16.9 Å². The summed E-state index contributed by atoms with van der Waals surface area (Å²) in [7, 11) is 0. The Labute approximate surface area is 165 Å². The lowest BCUT2D eigenvalue weighted by Crippen LogP contribution is -2.35. The number of amides is 1. The van der Waals surface area contributed by atoms with Crippen LogP contribution in [0.1, 0.15) is 43.1 Å². The van der Waals surface area contributed by atoms with E-state index in [1.807, 2.05) is 42.5 Å². The number of benzene rings is 2. The van der Waals surface area contributed by atoms with E-state index in [2.05, 4.69) is 32.2 Å². The molecule has 0 aliphatic carbocycles. The second-order valence-electron chi connectivity index (χ2n) is 7.80. The van der Waals surface area contributed by atoms with Crippen molar-refractivity contribution in [2.24, 2.45) is 11.1 Å². The van der Waals surface area contributed by atoms with Crippen molar-refractivity contribution in [2.75, 3.05) is 0 Å². The molecule has 0 aliphatic heterocycles. The van der Waals surface area contributed by atoms with Crippen LogP contribution in [0.3, 0.4) is 0 Å². The van der Waals surface area contributed by atoms with Crippen LogP contribution in [0.15, 0.2) is 54.6 Å². The summed E-state index contributed by atoms with van der Waals surface area (Å²) < 4.78 is 0. The summed E-state index contributed by atoms with van der Waals surface area (Å²) in [6.45, 7) is 6.65. The van der Waals surface area contributed by atoms with Gasteiger partial charge in [-0.25, -0.2) is 4.98 Å². The molecule has 4 N–H and O–H groups in total. The Kier molecular flexibility index (Phi) is 5.45. The average molecular weight is 374 g/mol. The van der Waals surface area contributed by atoms with Crippen molar-refractivity contribution in [2.45, 2.75) is 33.6 Å². The van der Waals surface area contributed by atoms with Crippen LogP contribution >= 0.6 is 0 Å². The molecule has 5 nitrogen and oxygen atoms in total. The number of aromatic nitrogens is 1. The smallest absolute Gasteiger partial charge is 0.258 e. The number of carbonyl (C=O) groups excluding carboxylic acids is 1. The Hall–Kier alpha value is -3.21. The van der Waals surface area contributed by atoms with Crippen LogP contribution < -0.4 is 11.1 Å². The minimum atomic E-state index is -0.399. The number of nitrogens with two attached hydrogens (primary N) is 1. The third-order valence-corrected chi connectivity index (χ3v) is 5.11. The zero-order valence-corrected chi connectivity index (χ0v) is 16.5. The van der Waals surface area contributed by atoms with Crippen molar-refractivity contribution in [3.8, 4) is 11.3 Å². The molecule has 1 amide bonds. The number of carbonyl (C=O) groups is 1. The van der Waals surface area contributed by atoms with Gasteiger partial charge in [0.15, 0.2) is 5.96 Å². The number of para-hydroxylation sites is 1. The number of rotatable bonds is 5. The number of nitrogens with zero attached hydrogens (tertiary/aromatic N) is 1. The van der Waals surface area contributed by atoms with E-state index in [1.54, 1.807) is 6.07 Å². The van der Waals surface area contributed by atoms with Gasteiger partial charge in [0.1, 0.15) is 0 Å². The Morgan fingerprint density at radius 3 is 2.50 bits per heavy atom. The topological polar surface area (TPSA) is 91.9 Å². The summed E-state index contributed by atoms with van der Waals surface area (Å²) in [5, 5.41) is 10.6. The van der Waals surface area contributed by atoms with Crippen LogP contribution in [0.25, 0.3) is 22.2 Å². The molecule has 5 heteroatoms. The van der Waals surface area contributed by atoms with Gasteiger partial charge in [-0.1, -0.05) is 75.7 Å². The maximum Gasteiger partial charge on any atom is 0.258 e. The first-order chi connectivity index (χ1) is 13.3. The van der Waals surface area contributed by atoms with E-state index in [1.165, 1.54) is 0 Å². The highest BCUT2D eigenvalue weighted by atomic mass is 16.1. The van der Waals surface area contributed by atoms with Crippen molar-refractivity contribution in [3.05, 3.63) is 65.7 Å². The zero-order chi connectivity index (χ0) is 20.3. The fraction of sp³-hybridized carbons (Fsp3) is 0.261. The Morgan fingerprint density at radius 1 is 1.14 bits per heavy atom. The van der Waals surface area contributed by atoms with Crippen molar-refractivity contribution in [1.29, 1.82) is 5.41 Å². The van der Waals surface area contributed by atoms with E-state index >= 15 is 0 Å². The molecule has 28 heavy (non-hydrogen) atoms. The highest BCUT2D eigenvalue weighted by Crippen LogP contribution is 2.32. The summed E-state index contributed by atoms with van der Waals surface area (Å²) in [6.07, 6.45) is 1.90. The van der Waals surface area contributed by atoms with E-state index in [9.17, 15) is 4.79 Å². The number of pyridine rings is 1. The van der Waals surface area contributed by atoms with Gasteiger partial charge in [0.25, 0.3) is 5.91 Å². The number of hydrogen-bond donors (Lipinski definition) is 3.